The van der Waals surface area contributed by atoms with E-state index >= 15 is 0 Å². The van der Waals surface area contributed by atoms with Crippen molar-refractivity contribution in [1.82, 2.24) is 10.2 Å². The molecule has 2 amide bonds. The molecule has 1 aromatic carbocycles. The van der Waals surface area contributed by atoms with Gasteiger partial charge in [-0.2, -0.15) is 0 Å². The summed E-state index contributed by atoms with van der Waals surface area (Å²) in [5.41, 5.74) is 2.25. The molecule has 1 aromatic rings. The van der Waals surface area contributed by atoms with Crippen LogP contribution in [0.15, 0.2) is 24.3 Å². The van der Waals surface area contributed by atoms with Crippen molar-refractivity contribution in [2.75, 3.05) is 13.2 Å². The molecule has 122 valence electrons. The van der Waals surface area contributed by atoms with Crippen LogP contribution in [0.1, 0.15) is 50.8 Å². The van der Waals surface area contributed by atoms with Crippen LogP contribution in [0.2, 0.25) is 0 Å². The van der Waals surface area contributed by atoms with E-state index in [1.807, 2.05) is 12.1 Å². The maximum absolute atomic E-state index is 12.7. The van der Waals surface area contributed by atoms with Gasteiger partial charge in [0.05, 0.1) is 18.7 Å². The molecule has 1 saturated heterocycles. The Morgan fingerprint density at radius 1 is 1.41 bits per heavy atom. The SMILES string of the molecule is Cc1ccccc1C(NC(=O)N1CCC[C@@H]1CO)C(C)(C)C. The minimum absolute atomic E-state index is 0.0397. The van der Waals surface area contributed by atoms with Gasteiger partial charge in [0.2, 0.25) is 0 Å². The van der Waals surface area contributed by atoms with Gasteiger partial charge in [0, 0.05) is 6.54 Å². The van der Waals surface area contributed by atoms with Gasteiger partial charge in [-0.3, -0.25) is 0 Å². The van der Waals surface area contributed by atoms with Gasteiger partial charge in [0.25, 0.3) is 0 Å². The summed E-state index contributed by atoms with van der Waals surface area (Å²) in [6.07, 6.45) is 1.84. The average molecular weight is 304 g/mol. The summed E-state index contributed by atoms with van der Waals surface area (Å²) in [5, 5.41) is 12.6. The predicted octanol–water partition coefficient (Wildman–Crippen LogP) is 3.25. The number of nitrogens with zero attached hydrogens (tertiary/aromatic N) is 1. The van der Waals surface area contributed by atoms with Crippen molar-refractivity contribution in [3.05, 3.63) is 35.4 Å². The van der Waals surface area contributed by atoms with E-state index in [0.717, 1.165) is 24.9 Å². The molecule has 2 rings (SSSR count). The Morgan fingerprint density at radius 2 is 2.09 bits per heavy atom. The molecular formula is C18H28N2O2. The number of amides is 2. The van der Waals surface area contributed by atoms with Crippen molar-refractivity contribution in [2.24, 2.45) is 5.41 Å². The van der Waals surface area contributed by atoms with Crippen LogP contribution in [0, 0.1) is 12.3 Å². The van der Waals surface area contributed by atoms with E-state index in [1.165, 1.54) is 5.56 Å². The molecule has 1 fully saturated rings. The Morgan fingerprint density at radius 3 is 2.68 bits per heavy atom. The van der Waals surface area contributed by atoms with Gasteiger partial charge in [-0.25, -0.2) is 4.79 Å². The summed E-state index contributed by atoms with van der Waals surface area (Å²) < 4.78 is 0. The van der Waals surface area contributed by atoms with E-state index in [9.17, 15) is 9.90 Å². The standard InChI is InChI=1S/C18H28N2O2/c1-13-8-5-6-10-15(13)16(18(2,3)4)19-17(22)20-11-7-9-14(20)12-21/h5-6,8,10,14,16,21H,7,9,11-12H2,1-4H3,(H,19,22)/t14-,16?/m1/s1. The molecular weight excluding hydrogens is 276 g/mol. The van der Waals surface area contributed by atoms with Crippen LogP contribution < -0.4 is 5.32 Å². The molecule has 0 spiro atoms. The predicted molar refractivity (Wildman–Crippen MR) is 88.7 cm³/mol. The van der Waals surface area contributed by atoms with Crippen LogP contribution in [0.4, 0.5) is 4.79 Å². The Bertz CT molecular complexity index is 522. The van der Waals surface area contributed by atoms with Crippen molar-refractivity contribution < 1.29 is 9.90 Å². The van der Waals surface area contributed by atoms with Crippen molar-refractivity contribution in [2.45, 2.75) is 52.6 Å². The number of carbonyl (C=O) groups is 1. The van der Waals surface area contributed by atoms with Crippen molar-refractivity contribution >= 4 is 6.03 Å². The molecule has 0 radical (unpaired) electrons. The smallest absolute Gasteiger partial charge is 0.318 e. The van der Waals surface area contributed by atoms with Gasteiger partial charge in [-0.15, -0.1) is 0 Å². The van der Waals surface area contributed by atoms with Crippen LogP contribution in [0.5, 0.6) is 0 Å². The van der Waals surface area contributed by atoms with E-state index in [1.54, 1.807) is 4.90 Å². The molecule has 2 atom stereocenters. The third-order valence-electron chi connectivity index (χ3n) is 4.48. The Balaban J connectivity index is 2.21. The number of nitrogens with one attached hydrogen (secondary N) is 1. The van der Waals surface area contributed by atoms with Crippen LogP contribution in [0.25, 0.3) is 0 Å². The van der Waals surface area contributed by atoms with E-state index in [0.29, 0.717) is 0 Å². The highest BCUT2D eigenvalue weighted by Crippen LogP contribution is 2.34. The summed E-state index contributed by atoms with van der Waals surface area (Å²) in [4.78, 5) is 14.4. The highest BCUT2D eigenvalue weighted by atomic mass is 16.3. The Labute approximate surface area is 133 Å². The maximum Gasteiger partial charge on any atom is 0.318 e. The zero-order chi connectivity index (χ0) is 16.3. The maximum atomic E-state index is 12.7. The minimum Gasteiger partial charge on any atom is -0.394 e. The second-order valence-corrected chi connectivity index (χ2v) is 7.28. The number of urea groups is 1. The minimum atomic E-state index is -0.0871. The number of likely N-dealkylation sites (tertiary alicyclic amines) is 1. The van der Waals surface area contributed by atoms with Gasteiger partial charge in [-0.1, -0.05) is 45.0 Å². The van der Waals surface area contributed by atoms with Gasteiger partial charge < -0.3 is 15.3 Å². The average Bonchev–Trinajstić information content (AvgIpc) is 2.93. The lowest BCUT2D eigenvalue weighted by molar-refractivity contribution is 0.147. The molecule has 0 saturated carbocycles. The highest BCUT2D eigenvalue weighted by molar-refractivity contribution is 5.75. The molecule has 1 unspecified atom stereocenters. The lowest BCUT2D eigenvalue weighted by Crippen LogP contribution is -2.47. The van der Waals surface area contributed by atoms with E-state index in [2.05, 4.69) is 45.1 Å². The van der Waals surface area contributed by atoms with Gasteiger partial charge >= 0.3 is 6.03 Å². The van der Waals surface area contributed by atoms with Gasteiger partial charge in [-0.05, 0) is 36.3 Å². The summed E-state index contributed by atoms with van der Waals surface area (Å²) in [5.74, 6) is 0. The van der Waals surface area contributed by atoms with Gasteiger partial charge in [0.15, 0.2) is 0 Å². The molecule has 0 aromatic heterocycles. The van der Waals surface area contributed by atoms with E-state index in [4.69, 9.17) is 0 Å². The Kier molecular flexibility index (Phi) is 5.12. The van der Waals surface area contributed by atoms with Crippen molar-refractivity contribution in [3.8, 4) is 0 Å². The number of aliphatic hydroxyl groups is 1. The summed E-state index contributed by atoms with van der Waals surface area (Å²) in [7, 11) is 0. The fourth-order valence-corrected chi connectivity index (χ4v) is 3.17. The summed E-state index contributed by atoms with van der Waals surface area (Å²) in [6, 6.07) is 8.02. The monoisotopic (exact) mass is 304 g/mol. The first kappa shape index (κ1) is 16.8. The molecule has 0 aliphatic carbocycles. The zero-order valence-electron chi connectivity index (χ0n) is 14.1. The van der Waals surface area contributed by atoms with Crippen LogP contribution >= 0.6 is 0 Å². The summed E-state index contributed by atoms with van der Waals surface area (Å²) in [6.45, 7) is 9.25. The molecule has 0 bridgehead atoms. The molecule has 2 N–H and O–H groups in total. The number of aryl methyl sites for hydroxylation is 1. The molecule has 22 heavy (non-hydrogen) atoms. The molecule has 4 nitrogen and oxygen atoms in total. The highest BCUT2D eigenvalue weighted by Gasteiger charge is 2.33. The van der Waals surface area contributed by atoms with E-state index in [-0.39, 0.29) is 30.1 Å². The molecule has 1 aliphatic rings. The van der Waals surface area contributed by atoms with Gasteiger partial charge in [0.1, 0.15) is 0 Å². The number of hydrogen-bond acceptors (Lipinski definition) is 2. The second-order valence-electron chi connectivity index (χ2n) is 7.28. The lowest BCUT2D eigenvalue weighted by Gasteiger charge is -2.35. The molecule has 4 heteroatoms. The number of hydrogen-bond donors (Lipinski definition) is 2. The fraction of sp³-hybridized carbons (Fsp3) is 0.611. The second kappa shape index (κ2) is 6.69. The third kappa shape index (κ3) is 3.61. The number of aliphatic hydroxyl groups excluding tert-OH is 1. The van der Waals surface area contributed by atoms with Crippen LogP contribution in [-0.4, -0.2) is 35.2 Å². The first-order chi connectivity index (χ1) is 10.3. The van der Waals surface area contributed by atoms with E-state index < -0.39 is 0 Å². The lowest BCUT2D eigenvalue weighted by atomic mass is 9.81. The third-order valence-corrected chi connectivity index (χ3v) is 4.48. The largest absolute Gasteiger partial charge is 0.394 e. The quantitative estimate of drug-likeness (QED) is 0.900. The first-order valence-electron chi connectivity index (χ1n) is 8.08. The molecule has 1 heterocycles. The normalized spacial score (nSPS) is 20.0. The molecule has 1 aliphatic heterocycles. The van der Waals surface area contributed by atoms with Crippen molar-refractivity contribution in [3.63, 3.8) is 0 Å². The number of carbonyl (C=O) groups excluding carboxylic acids is 1. The van der Waals surface area contributed by atoms with Crippen LogP contribution in [-0.2, 0) is 0 Å². The zero-order valence-corrected chi connectivity index (χ0v) is 14.1. The Hall–Kier alpha value is -1.55. The van der Waals surface area contributed by atoms with Crippen LogP contribution in [0.3, 0.4) is 0 Å². The number of benzene rings is 1. The van der Waals surface area contributed by atoms with Crippen molar-refractivity contribution in [1.29, 1.82) is 0 Å². The number of rotatable bonds is 3. The summed E-state index contributed by atoms with van der Waals surface area (Å²) >= 11 is 0. The fourth-order valence-electron chi connectivity index (χ4n) is 3.17. The first-order valence-corrected chi connectivity index (χ1v) is 8.08. The topological polar surface area (TPSA) is 52.6 Å².